The fourth-order valence-corrected chi connectivity index (χ4v) is 2.54. The molecule has 0 aliphatic heterocycles. The van der Waals surface area contributed by atoms with Crippen LogP contribution in [0.1, 0.15) is 10.4 Å². The molecular formula is C9H8Cl3NO3S. The summed E-state index contributed by atoms with van der Waals surface area (Å²) in [4.78, 5) is 11.2. The van der Waals surface area contributed by atoms with Crippen molar-refractivity contribution in [2.75, 3.05) is 17.6 Å². The Hall–Kier alpha value is -0.490. The lowest BCUT2D eigenvalue weighted by Crippen LogP contribution is -2.26. The summed E-state index contributed by atoms with van der Waals surface area (Å²) in [5, 5.41) is -0.598. The Morgan fingerprint density at radius 2 is 1.82 bits per heavy atom. The van der Waals surface area contributed by atoms with Gasteiger partial charge < -0.3 is 0 Å². The molecule has 0 radical (unpaired) electrons. The fourth-order valence-electron chi connectivity index (χ4n) is 1.20. The summed E-state index contributed by atoms with van der Waals surface area (Å²) in [6.45, 7) is 0. The molecule has 4 nitrogen and oxygen atoms in total. The Kier molecular flexibility index (Phi) is 4.30. The molecule has 8 heteroatoms. The normalized spacial score (nSPS) is 11.4. The topological polar surface area (TPSA) is 54.5 Å². The van der Waals surface area contributed by atoms with Gasteiger partial charge in [0.05, 0.1) is 22.5 Å². The van der Waals surface area contributed by atoms with Crippen molar-refractivity contribution in [1.82, 2.24) is 0 Å². The summed E-state index contributed by atoms with van der Waals surface area (Å²) in [6, 6.07) is 2.60. The number of hydrogen-bond donors (Lipinski definition) is 0. The summed E-state index contributed by atoms with van der Waals surface area (Å²) in [6.07, 6.45) is 0.987. The highest BCUT2D eigenvalue weighted by Crippen LogP contribution is 2.34. The lowest BCUT2D eigenvalue weighted by atomic mass is 10.2. The average Bonchev–Trinajstić information content (AvgIpc) is 2.13. The zero-order valence-corrected chi connectivity index (χ0v) is 12.0. The molecular weight excluding hydrogens is 309 g/mol. The minimum atomic E-state index is -3.55. The van der Waals surface area contributed by atoms with E-state index in [-0.39, 0.29) is 21.3 Å². The van der Waals surface area contributed by atoms with Crippen LogP contribution in [-0.2, 0) is 10.0 Å². The number of benzene rings is 1. The molecule has 17 heavy (non-hydrogen) atoms. The minimum absolute atomic E-state index is 0.0126. The van der Waals surface area contributed by atoms with Gasteiger partial charge in [-0.2, -0.15) is 0 Å². The first-order valence-electron chi connectivity index (χ1n) is 4.27. The number of halogens is 3. The standard InChI is InChI=1S/C9H8Cl3NO3S/c1-13(17(2,15)16)8-6(9(12)14)3-5(10)4-7(8)11/h3-4H,1-2H3. The highest BCUT2D eigenvalue weighted by atomic mass is 35.5. The van der Waals surface area contributed by atoms with Gasteiger partial charge >= 0.3 is 0 Å². The van der Waals surface area contributed by atoms with Crippen LogP contribution in [0.5, 0.6) is 0 Å². The van der Waals surface area contributed by atoms with Gasteiger partial charge in [-0.25, -0.2) is 8.42 Å². The Morgan fingerprint density at radius 1 is 1.29 bits per heavy atom. The van der Waals surface area contributed by atoms with Crippen LogP contribution in [0.4, 0.5) is 5.69 Å². The molecule has 0 saturated heterocycles. The molecule has 94 valence electrons. The summed E-state index contributed by atoms with van der Waals surface area (Å²) < 4.78 is 23.7. The first-order valence-corrected chi connectivity index (χ1v) is 7.25. The molecule has 1 rings (SSSR count). The van der Waals surface area contributed by atoms with E-state index in [2.05, 4.69) is 0 Å². The van der Waals surface area contributed by atoms with Crippen molar-refractivity contribution in [1.29, 1.82) is 0 Å². The summed E-state index contributed by atoms with van der Waals surface area (Å²) in [5.41, 5.74) is -0.0457. The van der Waals surface area contributed by atoms with E-state index in [9.17, 15) is 13.2 Å². The zero-order valence-electron chi connectivity index (χ0n) is 8.87. The number of rotatable bonds is 3. The molecule has 0 heterocycles. The molecule has 0 aliphatic rings. The van der Waals surface area contributed by atoms with Crippen molar-refractivity contribution in [3.8, 4) is 0 Å². The second-order valence-electron chi connectivity index (χ2n) is 3.29. The lowest BCUT2D eigenvalue weighted by molar-refractivity contribution is 0.108. The summed E-state index contributed by atoms with van der Waals surface area (Å²) >= 11 is 17.0. The van der Waals surface area contributed by atoms with E-state index in [4.69, 9.17) is 34.8 Å². The predicted octanol–water partition coefficient (Wildman–Crippen LogP) is 2.77. The Bertz CT molecular complexity index is 571. The zero-order chi connectivity index (χ0) is 13.4. The van der Waals surface area contributed by atoms with Crippen LogP contribution in [0.25, 0.3) is 0 Å². The van der Waals surface area contributed by atoms with Crippen LogP contribution in [0.15, 0.2) is 12.1 Å². The van der Waals surface area contributed by atoms with Gasteiger partial charge in [-0.15, -0.1) is 0 Å². The monoisotopic (exact) mass is 315 g/mol. The molecule has 0 aliphatic carbocycles. The van der Waals surface area contributed by atoms with Crippen molar-refractivity contribution < 1.29 is 13.2 Å². The van der Waals surface area contributed by atoms with E-state index in [0.29, 0.717) is 0 Å². The van der Waals surface area contributed by atoms with E-state index in [1.54, 1.807) is 0 Å². The van der Waals surface area contributed by atoms with Crippen LogP contribution in [0.3, 0.4) is 0 Å². The van der Waals surface area contributed by atoms with Gasteiger partial charge in [0.25, 0.3) is 5.24 Å². The van der Waals surface area contributed by atoms with Gasteiger partial charge in [-0.1, -0.05) is 23.2 Å². The van der Waals surface area contributed by atoms with Crippen LogP contribution >= 0.6 is 34.8 Å². The number of anilines is 1. The third-order valence-electron chi connectivity index (χ3n) is 2.05. The molecule has 1 aromatic rings. The van der Waals surface area contributed by atoms with Crippen LogP contribution in [-0.4, -0.2) is 27.0 Å². The average molecular weight is 317 g/mol. The molecule has 0 bridgehead atoms. The maximum atomic E-state index is 11.4. The van der Waals surface area contributed by atoms with E-state index in [1.807, 2.05) is 0 Å². The Balaban J connectivity index is 3.57. The van der Waals surface area contributed by atoms with E-state index in [1.165, 1.54) is 19.2 Å². The number of hydrogen-bond acceptors (Lipinski definition) is 3. The van der Waals surface area contributed by atoms with Gasteiger partial charge in [0.1, 0.15) is 0 Å². The largest absolute Gasteiger partial charge is 0.276 e. The fraction of sp³-hybridized carbons (Fsp3) is 0.222. The van der Waals surface area contributed by atoms with Crippen molar-refractivity contribution in [3.63, 3.8) is 0 Å². The molecule has 0 aromatic heterocycles. The third-order valence-corrected chi connectivity index (χ3v) is 3.94. The summed E-state index contributed by atoms with van der Waals surface area (Å²) in [5.74, 6) is 0. The first-order chi connectivity index (χ1) is 7.64. The Labute approximate surface area is 114 Å². The highest BCUT2D eigenvalue weighted by molar-refractivity contribution is 7.92. The highest BCUT2D eigenvalue weighted by Gasteiger charge is 2.22. The van der Waals surface area contributed by atoms with Crippen LogP contribution in [0.2, 0.25) is 10.0 Å². The maximum Gasteiger partial charge on any atom is 0.254 e. The third kappa shape index (κ3) is 3.25. The number of carbonyl (C=O) groups excluding carboxylic acids is 1. The van der Waals surface area contributed by atoms with Gasteiger partial charge in [-0.3, -0.25) is 9.10 Å². The molecule has 1 aromatic carbocycles. The smallest absolute Gasteiger partial charge is 0.254 e. The van der Waals surface area contributed by atoms with Crippen LogP contribution < -0.4 is 4.31 Å². The number of sulfonamides is 1. The SMILES string of the molecule is CN(c1c(Cl)cc(Cl)cc1C(=O)Cl)S(C)(=O)=O. The Morgan fingerprint density at radius 3 is 2.24 bits per heavy atom. The lowest BCUT2D eigenvalue weighted by Gasteiger charge is -2.20. The molecule has 0 fully saturated rings. The van der Waals surface area contributed by atoms with E-state index < -0.39 is 15.3 Å². The number of nitrogens with zero attached hydrogens (tertiary/aromatic N) is 1. The quantitative estimate of drug-likeness (QED) is 0.806. The maximum absolute atomic E-state index is 11.4. The predicted molar refractivity (Wildman–Crippen MR) is 69.9 cm³/mol. The molecule has 0 amide bonds. The van der Waals surface area contributed by atoms with Crippen molar-refractivity contribution in [2.24, 2.45) is 0 Å². The second-order valence-corrected chi connectivity index (χ2v) is 6.49. The van der Waals surface area contributed by atoms with Gasteiger partial charge in [0, 0.05) is 12.1 Å². The second kappa shape index (κ2) is 5.02. The van der Waals surface area contributed by atoms with Gasteiger partial charge in [0.2, 0.25) is 10.0 Å². The first kappa shape index (κ1) is 14.6. The van der Waals surface area contributed by atoms with Gasteiger partial charge in [0.15, 0.2) is 0 Å². The molecule has 0 unspecified atom stereocenters. The van der Waals surface area contributed by atoms with Crippen LogP contribution in [0, 0.1) is 0 Å². The van der Waals surface area contributed by atoms with E-state index in [0.717, 1.165) is 10.6 Å². The minimum Gasteiger partial charge on any atom is -0.276 e. The van der Waals surface area contributed by atoms with Crippen molar-refractivity contribution in [3.05, 3.63) is 27.7 Å². The van der Waals surface area contributed by atoms with Crippen molar-refractivity contribution in [2.45, 2.75) is 0 Å². The molecule has 0 saturated carbocycles. The van der Waals surface area contributed by atoms with E-state index >= 15 is 0 Å². The summed E-state index contributed by atoms with van der Waals surface area (Å²) in [7, 11) is -2.28. The van der Waals surface area contributed by atoms with Gasteiger partial charge in [-0.05, 0) is 23.7 Å². The molecule has 0 atom stereocenters. The molecule has 0 spiro atoms. The molecule has 0 N–H and O–H groups in total. The van der Waals surface area contributed by atoms with Crippen molar-refractivity contribution >= 4 is 55.8 Å². The number of carbonyl (C=O) groups is 1.